The average Bonchev–Trinajstić information content (AvgIpc) is 2.76. The Bertz CT molecular complexity index is 381. The summed E-state index contributed by atoms with van der Waals surface area (Å²) in [5.41, 5.74) is 2.74. The Labute approximate surface area is 89.5 Å². The summed E-state index contributed by atoms with van der Waals surface area (Å²) in [5.74, 6) is 0.375. The van der Waals surface area contributed by atoms with Gasteiger partial charge in [-0.25, -0.2) is 0 Å². The highest BCUT2D eigenvalue weighted by molar-refractivity contribution is 5.69. The summed E-state index contributed by atoms with van der Waals surface area (Å²) in [6, 6.07) is 11.6. The summed E-state index contributed by atoms with van der Waals surface area (Å²) in [4.78, 5) is 9.77. The quantitative estimate of drug-likeness (QED) is 0.663. The minimum atomic E-state index is 0.375. The van der Waals surface area contributed by atoms with Gasteiger partial charge in [0.15, 0.2) is 12.0 Å². The third-order valence-corrected chi connectivity index (χ3v) is 2.08. The average molecular weight is 202 g/mol. The molecule has 0 radical (unpaired) electrons. The molecule has 0 saturated heterocycles. The fourth-order valence-electron chi connectivity index (χ4n) is 1.02. The molecule has 2 aromatic rings. The van der Waals surface area contributed by atoms with Crippen LogP contribution >= 0.6 is 0 Å². The summed E-state index contributed by atoms with van der Waals surface area (Å²) in [5, 5.41) is 0. The molecule has 2 rings (SSSR count). The molecule has 1 aromatic heterocycles. The lowest BCUT2D eigenvalue weighted by molar-refractivity contribution is 0.110. The number of aryl methyl sites for hydroxylation is 2. The zero-order chi connectivity index (χ0) is 11.1. The van der Waals surface area contributed by atoms with E-state index in [1.165, 1.54) is 17.4 Å². The predicted octanol–water partition coefficient (Wildman–Crippen LogP) is 3.40. The molecule has 1 aromatic carbocycles. The Hall–Kier alpha value is -1.83. The molecule has 0 unspecified atom stereocenters. The third kappa shape index (κ3) is 3.81. The van der Waals surface area contributed by atoms with E-state index in [1.807, 2.05) is 0 Å². The first-order valence-corrected chi connectivity index (χ1v) is 4.75. The first-order chi connectivity index (χ1) is 7.24. The minimum absolute atomic E-state index is 0.375. The standard InChI is InChI=1S/C8H10.C5H4O2/c1-7-5-3-4-6-8(7)2;6-4-5-2-1-3-7-5/h3-6H,1-2H3;1-4H. The van der Waals surface area contributed by atoms with Crippen molar-refractivity contribution in [3.63, 3.8) is 0 Å². The van der Waals surface area contributed by atoms with Crippen molar-refractivity contribution in [3.8, 4) is 0 Å². The van der Waals surface area contributed by atoms with Crippen LogP contribution in [0.25, 0.3) is 0 Å². The van der Waals surface area contributed by atoms with Gasteiger partial charge in [-0.3, -0.25) is 4.79 Å². The smallest absolute Gasteiger partial charge is 0.185 e. The van der Waals surface area contributed by atoms with Gasteiger partial charge in [-0.1, -0.05) is 24.3 Å². The molecular weight excluding hydrogens is 188 g/mol. The van der Waals surface area contributed by atoms with Gasteiger partial charge in [0.25, 0.3) is 0 Å². The summed E-state index contributed by atoms with van der Waals surface area (Å²) in [6.07, 6.45) is 2.13. The molecule has 2 heteroatoms. The number of hydrogen-bond acceptors (Lipinski definition) is 2. The highest BCUT2D eigenvalue weighted by Crippen LogP contribution is 2.02. The van der Waals surface area contributed by atoms with Crippen LogP contribution in [-0.4, -0.2) is 6.29 Å². The van der Waals surface area contributed by atoms with Gasteiger partial charge in [-0.05, 0) is 37.1 Å². The van der Waals surface area contributed by atoms with Crippen molar-refractivity contribution in [3.05, 3.63) is 59.5 Å². The van der Waals surface area contributed by atoms with Gasteiger partial charge in [0, 0.05) is 0 Å². The number of carbonyl (C=O) groups excluding carboxylic acids is 1. The van der Waals surface area contributed by atoms with E-state index in [4.69, 9.17) is 0 Å². The van der Waals surface area contributed by atoms with Gasteiger partial charge < -0.3 is 4.42 Å². The van der Waals surface area contributed by atoms with E-state index >= 15 is 0 Å². The minimum Gasteiger partial charge on any atom is -0.462 e. The maximum absolute atomic E-state index is 9.77. The third-order valence-electron chi connectivity index (χ3n) is 2.08. The SMILES string of the molecule is Cc1ccccc1C.O=Cc1ccco1. The number of aldehydes is 1. The number of hydrogen-bond donors (Lipinski definition) is 0. The summed E-state index contributed by atoms with van der Waals surface area (Å²) in [6.45, 7) is 4.24. The van der Waals surface area contributed by atoms with Crippen molar-refractivity contribution in [2.45, 2.75) is 13.8 Å². The molecular formula is C13H14O2. The number of furan rings is 1. The molecule has 0 amide bonds. The number of rotatable bonds is 1. The predicted molar refractivity (Wildman–Crippen MR) is 60.0 cm³/mol. The van der Waals surface area contributed by atoms with Gasteiger partial charge in [-0.15, -0.1) is 0 Å². The van der Waals surface area contributed by atoms with Crippen molar-refractivity contribution in [1.82, 2.24) is 0 Å². The molecule has 0 fully saturated rings. The van der Waals surface area contributed by atoms with Gasteiger partial charge in [0.1, 0.15) is 0 Å². The maximum Gasteiger partial charge on any atom is 0.185 e. The van der Waals surface area contributed by atoms with Gasteiger partial charge in [0.05, 0.1) is 6.26 Å². The second-order valence-corrected chi connectivity index (χ2v) is 3.22. The van der Waals surface area contributed by atoms with Crippen molar-refractivity contribution in [1.29, 1.82) is 0 Å². The fourth-order valence-corrected chi connectivity index (χ4v) is 1.02. The first kappa shape index (κ1) is 11.2. The highest BCUT2D eigenvalue weighted by atomic mass is 16.3. The Morgan fingerprint density at radius 1 is 1.00 bits per heavy atom. The molecule has 0 N–H and O–H groups in total. The topological polar surface area (TPSA) is 30.2 Å². The molecule has 0 atom stereocenters. The highest BCUT2D eigenvalue weighted by Gasteiger charge is 1.85. The van der Waals surface area contributed by atoms with Crippen LogP contribution in [0.2, 0.25) is 0 Å². The number of carbonyl (C=O) groups is 1. The van der Waals surface area contributed by atoms with Crippen molar-refractivity contribution in [2.24, 2.45) is 0 Å². The van der Waals surface area contributed by atoms with Gasteiger partial charge in [0.2, 0.25) is 0 Å². The lowest BCUT2D eigenvalue weighted by Gasteiger charge is -1.93. The molecule has 2 nitrogen and oxygen atoms in total. The van der Waals surface area contributed by atoms with Crippen LogP contribution in [0.4, 0.5) is 0 Å². The first-order valence-electron chi connectivity index (χ1n) is 4.75. The Morgan fingerprint density at radius 3 is 1.87 bits per heavy atom. The molecule has 1 heterocycles. The monoisotopic (exact) mass is 202 g/mol. The molecule has 0 saturated carbocycles. The Morgan fingerprint density at radius 2 is 1.60 bits per heavy atom. The van der Waals surface area contributed by atoms with Gasteiger partial charge in [-0.2, -0.15) is 0 Å². The lowest BCUT2D eigenvalue weighted by Crippen LogP contribution is -1.74. The van der Waals surface area contributed by atoms with E-state index in [0.717, 1.165) is 0 Å². The molecule has 0 bridgehead atoms. The fraction of sp³-hybridized carbons (Fsp3) is 0.154. The Balaban J connectivity index is 0.000000151. The van der Waals surface area contributed by atoms with E-state index in [1.54, 1.807) is 12.1 Å². The van der Waals surface area contributed by atoms with Crippen molar-refractivity contribution in [2.75, 3.05) is 0 Å². The molecule has 78 valence electrons. The normalized spacial score (nSPS) is 8.93. The van der Waals surface area contributed by atoms with Crippen LogP contribution < -0.4 is 0 Å². The molecule has 0 spiro atoms. The lowest BCUT2D eigenvalue weighted by atomic mass is 10.1. The van der Waals surface area contributed by atoms with E-state index in [0.29, 0.717) is 12.0 Å². The van der Waals surface area contributed by atoms with Crippen molar-refractivity contribution < 1.29 is 9.21 Å². The van der Waals surface area contributed by atoms with E-state index in [9.17, 15) is 4.79 Å². The molecule has 0 aliphatic rings. The van der Waals surface area contributed by atoms with Crippen molar-refractivity contribution >= 4 is 6.29 Å². The van der Waals surface area contributed by atoms with E-state index in [-0.39, 0.29) is 0 Å². The Kier molecular flexibility index (Phi) is 4.35. The summed E-state index contributed by atoms with van der Waals surface area (Å²) < 4.78 is 4.61. The van der Waals surface area contributed by atoms with Crippen LogP contribution in [0.15, 0.2) is 47.1 Å². The van der Waals surface area contributed by atoms with Crippen LogP contribution in [0, 0.1) is 13.8 Å². The zero-order valence-electron chi connectivity index (χ0n) is 8.94. The summed E-state index contributed by atoms with van der Waals surface area (Å²) in [7, 11) is 0. The molecule has 0 aliphatic carbocycles. The van der Waals surface area contributed by atoms with Crippen LogP contribution in [0.3, 0.4) is 0 Å². The maximum atomic E-state index is 9.77. The van der Waals surface area contributed by atoms with E-state index in [2.05, 4.69) is 42.5 Å². The van der Waals surface area contributed by atoms with Crippen LogP contribution in [0.5, 0.6) is 0 Å². The largest absolute Gasteiger partial charge is 0.462 e. The zero-order valence-corrected chi connectivity index (χ0v) is 8.94. The van der Waals surface area contributed by atoms with Gasteiger partial charge >= 0.3 is 0 Å². The number of benzene rings is 1. The molecule has 0 aliphatic heterocycles. The summed E-state index contributed by atoms with van der Waals surface area (Å²) >= 11 is 0. The second kappa shape index (κ2) is 5.81. The van der Waals surface area contributed by atoms with Crippen LogP contribution in [0.1, 0.15) is 21.7 Å². The van der Waals surface area contributed by atoms with E-state index < -0.39 is 0 Å². The van der Waals surface area contributed by atoms with Crippen LogP contribution in [-0.2, 0) is 0 Å². The molecule has 15 heavy (non-hydrogen) atoms. The second-order valence-electron chi connectivity index (χ2n) is 3.22.